The molecule has 24 heavy (non-hydrogen) atoms. The number of primary amides is 1. The molecule has 2 saturated carbocycles. The van der Waals surface area contributed by atoms with Crippen molar-refractivity contribution < 1.29 is 9.90 Å². The summed E-state index contributed by atoms with van der Waals surface area (Å²) in [5.41, 5.74) is 5.08. The molecule has 0 aliphatic heterocycles. The summed E-state index contributed by atoms with van der Waals surface area (Å²) in [6.07, 6.45) is 8.13. The number of hydrogen-bond acceptors (Lipinski definition) is 6. The monoisotopic (exact) mass is 333 g/mol. The van der Waals surface area contributed by atoms with Crippen molar-refractivity contribution >= 4 is 17.7 Å². The van der Waals surface area contributed by atoms with Crippen molar-refractivity contribution in [1.82, 2.24) is 9.97 Å². The molecule has 1 aromatic heterocycles. The first-order chi connectivity index (χ1) is 11.3. The van der Waals surface area contributed by atoms with Gasteiger partial charge in [0.2, 0.25) is 5.95 Å². The SMILES string of the molecule is CC1(Nc2ncc(C(N)=O)c(N[C@@H]3CCC[C@](C)(O)C3)n2)CCC1. The van der Waals surface area contributed by atoms with E-state index in [0.717, 1.165) is 32.1 Å². The summed E-state index contributed by atoms with van der Waals surface area (Å²) in [6, 6.07) is 0.0638. The van der Waals surface area contributed by atoms with Crippen LogP contribution in [-0.4, -0.2) is 38.2 Å². The highest BCUT2D eigenvalue weighted by atomic mass is 16.3. The molecule has 0 unspecified atom stereocenters. The Morgan fingerprint density at radius 2 is 2.08 bits per heavy atom. The average molecular weight is 333 g/mol. The van der Waals surface area contributed by atoms with Crippen LogP contribution in [0.3, 0.4) is 0 Å². The normalized spacial score (nSPS) is 28.7. The van der Waals surface area contributed by atoms with Gasteiger partial charge in [0.1, 0.15) is 5.82 Å². The number of aliphatic hydroxyl groups is 1. The Hall–Kier alpha value is -1.89. The predicted molar refractivity (Wildman–Crippen MR) is 92.9 cm³/mol. The highest BCUT2D eigenvalue weighted by Gasteiger charge is 2.33. The number of nitrogens with one attached hydrogen (secondary N) is 2. The van der Waals surface area contributed by atoms with Gasteiger partial charge in [-0.1, -0.05) is 0 Å². The molecule has 7 nitrogen and oxygen atoms in total. The van der Waals surface area contributed by atoms with Gasteiger partial charge >= 0.3 is 0 Å². The van der Waals surface area contributed by atoms with Gasteiger partial charge in [-0.25, -0.2) is 4.98 Å². The van der Waals surface area contributed by atoms with E-state index in [0.29, 0.717) is 18.2 Å². The molecule has 0 bridgehead atoms. The highest BCUT2D eigenvalue weighted by Crippen LogP contribution is 2.34. The molecular formula is C17H27N5O2. The lowest BCUT2D eigenvalue weighted by atomic mass is 9.79. The third-order valence-corrected chi connectivity index (χ3v) is 5.22. The minimum Gasteiger partial charge on any atom is -0.390 e. The maximum atomic E-state index is 11.7. The van der Waals surface area contributed by atoms with Gasteiger partial charge < -0.3 is 21.5 Å². The van der Waals surface area contributed by atoms with Gasteiger partial charge in [0, 0.05) is 17.8 Å². The number of hydrogen-bond donors (Lipinski definition) is 4. The second kappa shape index (κ2) is 6.20. The lowest BCUT2D eigenvalue weighted by Gasteiger charge is -2.39. The van der Waals surface area contributed by atoms with E-state index in [1.807, 2.05) is 6.92 Å². The van der Waals surface area contributed by atoms with Gasteiger partial charge in [-0.05, 0) is 58.8 Å². The van der Waals surface area contributed by atoms with Crippen molar-refractivity contribution in [3.05, 3.63) is 11.8 Å². The summed E-state index contributed by atoms with van der Waals surface area (Å²) in [5, 5.41) is 16.9. The molecule has 132 valence electrons. The Labute approximate surface area is 142 Å². The smallest absolute Gasteiger partial charge is 0.254 e. The third-order valence-electron chi connectivity index (χ3n) is 5.22. The molecule has 2 atom stereocenters. The first kappa shape index (κ1) is 17.0. The largest absolute Gasteiger partial charge is 0.390 e. The maximum absolute atomic E-state index is 11.7. The van der Waals surface area contributed by atoms with E-state index in [9.17, 15) is 9.90 Å². The molecule has 2 fully saturated rings. The lowest BCUT2D eigenvalue weighted by Crippen LogP contribution is -2.42. The summed E-state index contributed by atoms with van der Waals surface area (Å²) in [5.74, 6) is 0.402. The van der Waals surface area contributed by atoms with Gasteiger partial charge in [0.15, 0.2) is 0 Å². The fourth-order valence-electron chi connectivity index (χ4n) is 3.62. The summed E-state index contributed by atoms with van der Waals surface area (Å²) in [4.78, 5) is 20.4. The molecule has 0 spiro atoms. The van der Waals surface area contributed by atoms with E-state index >= 15 is 0 Å². The topological polar surface area (TPSA) is 113 Å². The number of amides is 1. The van der Waals surface area contributed by atoms with Crippen LogP contribution < -0.4 is 16.4 Å². The van der Waals surface area contributed by atoms with Crippen molar-refractivity contribution in [2.75, 3.05) is 10.6 Å². The Kier molecular flexibility index (Phi) is 4.38. The van der Waals surface area contributed by atoms with Crippen molar-refractivity contribution in [3.63, 3.8) is 0 Å². The Morgan fingerprint density at radius 3 is 2.67 bits per heavy atom. The first-order valence-corrected chi connectivity index (χ1v) is 8.70. The summed E-state index contributed by atoms with van der Waals surface area (Å²) in [6.45, 7) is 3.99. The van der Waals surface area contributed by atoms with Crippen molar-refractivity contribution in [3.8, 4) is 0 Å². The molecule has 3 rings (SSSR count). The van der Waals surface area contributed by atoms with Gasteiger partial charge in [0.25, 0.3) is 5.91 Å². The molecule has 1 aromatic rings. The van der Waals surface area contributed by atoms with Gasteiger partial charge in [-0.2, -0.15) is 4.98 Å². The van der Waals surface area contributed by atoms with Gasteiger partial charge in [-0.3, -0.25) is 4.79 Å². The third kappa shape index (κ3) is 3.77. The zero-order valence-electron chi connectivity index (χ0n) is 14.4. The second-order valence-corrected chi connectivity index (χ2v) is 7.79. The number of carbonyl (C=O) groups excluding carboxylic acids is 1. The summed E-state index contributed by atoms with van der Waals surface area (Å²) >= 11 is 0. The highest BCUT2D eigenvalue weighted by molar-refractivity contribution is 5.97. The van der Waals surface area contributed by atoms with Crippen LogP contribution in [0.2, 0.25) is 0 Å². The standard InChI is InChI=1S/C17H27N5O2/c1-16(6-4-7-16)22-15-19-10-12(13(18)23)14(21-15)20-11-5-3-8-17(2,24)9-11/h10-11,24H,3-9H2,1-2H3,(H2,18,23)(H2,19,20,21,22)/t11-,17+/m1/s1. The molecule has 0 radical (unpaired) electrons. The van der Waals surface area contributed by atoms with Gasteiger partial charge in [0.05, 0.1) is 11.2 Å². The van der Waals surface area contributed by atoms with Gasteiger partial charge in [-0.15, -0.1) is 0 Å². The van der Waals surface area contributed by atoms with Crippen LogP contribution in [0.5, 0.6) is 0 Å². The Balaban J connectivity index is 1.79. The fourth-order valence-corrected chi connectivity index (χ4v) is 3.62. The minimum absolute atomic E-state index is 0.0278. The molecular weight excluding hydrogens is 306 g/mol. The van der Waals surface area contributed by atoms with Crippen LogP contribution in [0, 0.1) is 0 Å². The van der Waals surface area contributed by atoms with Crippen LogP contribution in [0.4, 0.5) is 11.8 Å². The average Bonchev–Trinajstić information content (AvgIpc) is 2.44. The van der Waals surface area contributed by atoms with E-state index in [-0.39, 0.29) is 17.1 Å². The van der Waals surface area contributed by atoms with Crippen LogP contribution in [0.15, 0.2) is 6.20 Å². The maximum Gasteiger partial charge on any atom is 0.254 e. The van der Waals surface area contributed by atoms with Crippen molar-refractivity contribution in [1.29, 1.82) is 0 Å². The summed E-state index contributed by atoms with van der Waals surface area (Å²) in [7, 11) is 0. The van der Waals surface area contributed by atoms with E-state index in [2.05, 4.69) is 27.5 Å². The van der Waals surface area contributed by atoms with E-state index in [1.165, 1.54) is 12.6 Å². The molecule has 0 saturated heterocycles. The number of nitrogens with two attached hydrogens (primary N) is 1. The molecule has 2 aliphatic rings. The molecule has 7 heteroatoms. The molecule has 0 aromatic carbocycles. The molecule has 1 amide bonds. The molecule has 5 N–H and O–H groups in total. The Bertz CT molecular complexity index is 627. The number of carbonyl (C=O) groups is 1. The number of anilines is 2. The van der Waals surface area contributed by atoms with E-state index in [4.69, 9.17) is 5.73 Å². The van der Waals surface area contributed by atoms with Crippen LogP contribution in [-0.2, 0) is 0 Å². The lowest BCUT2D eigenvalue weighted by molar-refractivity contribution is 0.0182. The second-order valence-electron chi connectivity index (χ2n) is 7.79. The minimum atomic E-state index is -0.684. The first-order valence-electron chi connectivity index (χ1n) is 8.70. The fraction of sp³-hybridized carbons (Fsp3) is 0.706. The zero-order valence-corrected chi connectivity index (χ0v) is 14.4. The van der Waals surface area contributed by atoms with Crippen molar-refractivity contribution in [2.24, 2.45) is 5.73 Å². The molecule has 2 aliphatic carbocycles. The number of aromatic nitrogens is 2. The summed E-state index contributed by atoms with van der Waals surface area (Å²) < 4.78 is 0. The van der Waals surface area contributed by atoms with Crippen molar-refractivity contribution in [2.45, 2.75) is 76.0 Å². The zero-order chi connectivity index (χ0) is 17.4. The van der Waals surface area contributed by atoms with Crippen LogP contribution in [0.25, 0.3) is 0 Å². The predicted octanol–water partition coefficient (Wildman–Crippen LogP) is 2.04. The Morgan fingerprint density at radius 1 is 1.33 bits per heavy atom. The number of nitrogens with zero attached hydrogens (tertiary/aromatic N) is 2. The van der Waals surface area contributed by atoms with Crippen LogP contribution >= 0.6 is 0 Å². The number of rotatable bonds is 5. The molecule has 1 heterocycles. The van der Waals surface area contributed by atoms with E-state index < -0.39 is 11.5 Å². The van der Waals surface area contributed by atoms with Crippen LogP contribution in [0.1, 0.15) is 69.2 Å². The van der Waals surface area contributed by atoms with E-state index in [1.54, 1.807) is 0 Å². The quantitative estimate of drug-likeness (QED) is 0.656.